The summed E-state index contributed by atoms with van der Waals surface area (Å²) in [5.41, 5.74) is 23.0. The van der Waals surface area contributed by atoms with Crippen LogP contribution in [0, 0.1) is 121 Å². The number of halogens is 1. The number of rotatable bonds is 9. The molecular weight excluding hydrogens is 1770 g/mol. The number of hydrogen-bond donors (Lipinski definition) is 0. The Labute approximate surface area is 825 Å². The Morgan fingerprint density at radius 2 is 0.718 bits per heavy atom. The number of aromatic nitrogens is 13. The lowest BCUT2D eigenvalue weighted by Gasteiger charge is -2.46. The molecule has 0 N–H and O–H groups in total. The van der Waals surface area contributed by atoms with E-state index in [0.717, 1.165) is 198 Å². The fourth-order valence-electron chi connectivity index (χ4n) is 24.1. The van der Waals surface area contributed by atoms with Crippen molar-refractivity contribution in [3.63, 3.8) is 0 Å². The van der Waals surface area contributed by atoms with Gasteiger partial charge >= 0.3 is 0 Å². The number of allylic oxidation sites excluding steroid dienone is 8. The predicted molar refractivity (Wildman–Crippen MR) is 546 cm³/mol. The van der Waals surface area contributed by atoms with Gasteiger partial charge in [0.2, 0.25) is 28.7 Å². The smallest absolute Gasteiger partial charge is 0.226 e. The van der Waals surface area contributed by atoms with Crippen LogP contribution in [0.25, 0.3) is 132 Å². The third-order valence-electron chi connectivity index (χ3n) is 31.6. The molecule has 142 heavy (non-hydrogen) atoms. The Kier molecular flexibility index (Phi) is 24.3. The molecule has 23 heteroatoms. The van der Waals surface area contributed by atoms with Crippen LogP contribution in [0.1, 0.15) is 179 Å². The number of fused-ring (bicyclic) bond motifs is 15. The largest absolute Gasteiger partial charge is 0.474 e. The first-order valence-corrected chi connectivity index (χ1v) is 49.0. The molecule has 9 aliphatic carbocycles. The van der Waals surface area contributed by atoms with Crippen LogP contribution in [0.15, 0.2) is 223 Å². The van der Waals surface area contributed by atoms with Crippen LogP contribution in [0.2, 0.25) is 0 Å². The first kappa shape index (κ1) is 93.9. The summed E-state index contributed by atoms with van der Waals surface area (Å²) < 4.78 is 21.4. The number of ketones is 4. The van der Waals surface area contributed by atoms with E-state index >= 15 is 0 Å². The second-order valence-electron chi connectivity index (χ2n) is 40.7. The summed E-state index contributed by atoms with van der Waals surface area (Å²) in [6.45, 7) is 58.8. The topological polar surface area (TPSA) is 263 Å². The number of pyridine rings is 3. The number of hydrogen-bond acceptors (Lipinski definition) is 18. The lowest BCUT2D eigenvalue weighted by molar-refractivity contribution is -0.122. The van der Waals surface area contributed by atoms with Crippen LogP contribution in [0.5, 0.6) is 5.88 Å². The molecule has 14 aromatic rings. The van der Waals surface area contributed by atoms with Gasteiger partial charge < -0.3 is 23.9 Å². The fraction of sp³-hybridized carbons (Fsp3) is 0.319. The molecule has 8 heterocycles. The molecule has 0 radical (unpaired) electrons. The minimum absolute atomic E-state index is 0.00800. The molecule has 6 aromatic carbocycles. The van der Waals surface area contributed by atoms with Crippen molar-refractivity contribution in [1.29, 1.82) is 0 Å². The van der Waals surface area contributed by atoms with Crippen LogP contribution in [-0.4, -0.2) is 94.0 Å². The van der Waals surface area contributed by atoms with E-state index in [1.54, 1.807) is 30.3 Å². The lowest BCUT2D eigenvalue weighted by atomic mass is 9.58. The Morgan fingerprint density at radius 3 is 1.12 bits per heavy atom. The number of para-hydroxylation sites is 3. The summed E-state index contributed by atoms with van der Waals surface area (Å²) in [6, 6.07) is 55.6. The van der Waals surface area contributed by atoms with E-state index in [9.17, 15) is 23.6 Å². The second kappa shape index (κ2) is 36.8. The molecule has 0 unspecified atom stereocenters. The molecule has 23 rings (SSSR count). The molecule has 12 atom stereocenters. The van der Waals surface area contributed by atoms with Crippen molar-refractivity contribution in [2.24, 2.45) is 47.3 Å². The van der Waals surface area contributed by atoms with E-state index in [2.05, 4.69) is 143 Å². The monoisotopic (exact) mass is 1870 g/mol. The van der Waals surface area contributed by atoms with Crippen LogP contribution in [0.3, 0.4) is 0 Å². The average molecular weight is 1870 g/mol. The molecule has 0 aliphatic heterocycles. The zero-order valence-electron chi connectivity index (χ0n) is 82.0. The summed E-state index contributed by atoms with van der Waals surface area (Å²) in [7, 11) is 0. The molecular formula is C119H106FN17O5. The molecule has 22 nitrogen and oxygen atoms in total. The number of Topliss-reactive ketones (excluding diaryl/α,β-unsaturated/α-hetero) is 4. The van der Waals surface area contributed by atoms with Crippen molar-refractivity contribution in [1.82, 2.24) is 64.8 Å². The lowest BCUT2D eigenvalue weighted by Crippen LogP contribution is -2.46. The minimum atomic E-state index is -0.652. The fourth-order valence-corrected chi connectivity index (χ4v) is 24.1. The van der Waals surface area contributed by atoms with Gasteiger partial charge in [-0.3, -0.25) is 15.0 Å². The van der Waals surface area contributed by atoms with Gasteiger partial charge in [0.25, 0.3) is 0 Å². The van der Waals surface area contributed by atoms with Gasteiger partial charge in [-0.05, 0) is 197 Å². The van der Waals surface area contributed by atoms with Crippen molar-refractivity contribution in [3.8, 4) is 85.3 Å². The van der Waals surface area contributed by atoms with E-state index in [4.69, 9.17) is 85.8 Å². The molecule has 0 saturated heterocycles. The highest BCUT2D eigenvalue weighted by atomic mass is 19.1. The maximum Gasteiger partial charge on any atom is 0.226 e. The molecule has 0 bridgehead atoms. The quantitative estimate of drug-likeness (QED) is 0.122. The molecule has 1 fully saturated rings. The molecule has 1 saturated carbocycles. The third kappa shape index (κ3) is 16.3. The first-order chi connectivity index (χ1) is 68.3. The van der Waals surface area contributed by atoms with Crippen LogP contribution < -0.4 is 4.74 Å². The molecule has 0 amide bonds. The van der Waals surface area contributed by atoms with Gasteiger partial charge in [0.15, 0.2) is 46.4 Å². The SMILES string of the molecule is [C-]#[N+]C1=C[C@@]2(C)c3nc(-c4cc(C)nc5ccccc45)nc(-c4ccc(C)cc4)c3CC[C@@H]2[C@@H](C)C1=O.[C-]#[N+]C1=C[C@@]2(C)c3nc(-c4cc(C)nc5ccccc45)nc(-c4cccc(C)c4)c3CC[C@@H]2[C@@H](C)C1=O.[C-]#[N+]C1=C[C@@]2(C)c3nc(-c4cc(C)nc5ccccc45)nc(OC4CCC4)c3CC[C@@H]2[C@@H](C)C1=O.[C-]#[N+]C1=C[C@@]2(C)c3nc(-c4cc(C)ncn4)nc(-c4ccccc4F)c3CC[C@@H]2[C@@H](C)C1=O. The molecule has 9 aliphatic rings. The Bertz CT molecular complexity index is 8030. The van der Waals surface area contributed by atoms with Crippen molar-refractivity contribution in [2.75, 3.05) is 0 Å². The summed E-state index contributed by atoms with van der Waals surface area (Å²) in [5.74, 6) is 1.60. The number of benzene rings is 6. The van der Waals surface area contributed by atoms with Crippen molar-refractivity contribution < 1.29 is 28.3 Å². The summed E-state index contributed by atoms with van der Waals surface area (Å²) in [6.07, 6.45) is 18.6. The number of nitrogens with zero attached hydrogens (tertiary/aromatic N) is 17. The molecule has 0 spiro atoms. The van der Waals surface area contributed by atoms with Gasteiger partial charge in [-0.25, -0.2) is 68.6 Å². The van der Waals surface area contributed by atoms with Crippen LogP contribution >= 0.6 is 0 Å². The van der Waals surface area contributed by atoms with Crippen LogP contribution in [-0.2, 0) is 66.5 Å². The summed E-state index contributed by atoms with van der Waals surface area (Å²) in [4.78, 5) is 129. The van der Waals surface area contributed by atoms with Gasteiger partial charge in [0.05, 0.1) is 82.7 Å². The number of carbonyl (C=O) groups is 4. The molecule has 8 aromatic heterocycles. The van der Waals surface area contributed by atoms with E-state index in [0.29, 0.717) is 52.5 Å². The highest BCUT2D eigenvalue weighted by Gasteiger charge is 2.55. The number of aryl methyl sites for hydroxylation is 6. The first-order valence-electron chi connectivity index (χ1n) is 49.0. The van der Waals surface area contributed by atoms with E-state index < -0.39 is 21.7 Å². The van der Waals surface area contributed by atoms with Crippen molar-refractivity contribution >= 4 is 55.8 Å². The Balaban J connectivity index is 0.000000116. The normalized spacial score (nSPS) is 23.7. The Hall–Kier alpha value is -15.7. The van der Waals surface area contributed by atoms with Gasteiger partial charge in [-0.2, -0.15) is 4.98 Å². The van der Waals surface area contributed by atoms with Crippen molar-refractivity contribution in [3.05, 3.63) is 354 Å². The number of ether oxygens (including phenoxy) is 1. The van der Waals surface area contributed by atoms with Crippen molar-refractivity contribution in [2.45, 2.75) is 195 Å². The zero-order valence-corrected chi connectivity index (χ0v) is 82.0. The Morgan fingerprint density at radius 1 is 0.345 bits per heavy atom. The van der Waals surface area contributed by atoms with Gasteiger partial charge in [-0.1, -0.05) is 200 Å². The third-order valence-corrected chi connectivity index (χ3v) is 31.6. The maximum absolute atomic E-state index is 14.9. The maximum atomic E-state index is 14.9. The van der Waals surface area contributed by atoms with Gasteiger partial charge in [0.1, 0.15) is 23.9 Å². The van der Waals surface area contributed by atoms with E-state index in [-0.39, 0.29) is 105 Å². The minimum Gasteiger partial charge on any atom is -0.474 e. The average Bonchev–Trinajstić information content (AvgIpc) is 0.732. The van der Waals surface area contributed by atoms with Gasteiger partial charge in [-0.15, -0.1) is 0 Å². The highest BCUT2D eigenvalue weighted by molar-refractivity contribution is 6.04. The molecule has 704 valence electrons. The van der Waals surface area contributed by atoms with Gasteiger partial charge in [0, 0.05) is 140 Å². The summed E-state index contributed by atoms with van der Waals surface area (Å²) >= 11 is 0. The zero-order chi connectivity index (χ0) is 99.4. The standard InChI is InChI=1S/2C32H28N4O.C29H28N4O2.C26H22FN5O/c1-18-9-8-10-21(15-18)28-23-13-14-25-20(3)29(37)27(33-5)17-32(25,4)30(23)36-31(35-28)24-16-19(2)34-26-12-7-6-11-22(24)26;1-18-10-12-21(13-11-18)28-23-14-15-25-20(3)29(37)27(33-5)17-32(25,4)30(23)36-31(35-28)24-16-19(2)34-26-9-7-6-8-22(24)26;1-16-14-21(19-10-5-6-11-23(19)31-16)27-32-26-20(28(33-27)35-18-8-7-9-18)12-13-22-17(2)25(34)24(30-4)15-29(22,26)3;1-14-11-20(30-13-29-14)25-31-22(16-7-5-6-8-19(16)27)17-9-10-18-15(2)23(33)21(28-4)12-26(18,3)24(17)32-25/h6-12,15-17,20,25H,13-14H2,1-4H3;6-13,16-17,20,25H,14-15H2,1-4H3;5-6,10-11,14-15,17-18,22H,7-9,12-13H2,1-3H3;5-8,11-13,15,18H,9-10H2,1-3H3/t2*20-,25-,32-;17-,22-,29-;15-,18-,26-/m1111/s1. The predicted octanol–water partition coefficient (Wildman–Crippen LogP) is 24.3. The second-order valence-corrected chi connectivity index (χ2v) is 40.7. The van der Waals surface area contributed by atoms with E-state index in [1.807, 2.05) is 141 Å². The number of carbonyl (C=O) groups excluding carboxylic acids is 4. The van der Waals surface area contributed by atoms with Crippen LogP contribution in [0.4, 0.5) is 4.39 Å². The highest BCUT2D eigenvalue weighted by Crippen LogP contribution is 2.58. The summed E-state index contributed by atoms with van der Waals surface area (Å²) in [5, 5.41) is 3.00. The van der Waals surface area contributed by atoms with E-state index in [1.165, 1.54) is 29.9 Å².